The number of hydrogen-bond donors (Lipinski definition) is 4. The number of aliphatic hydroxyl groups is 1. The number of aromatic hydroxyl groups is 1. The minimum Gasteiger partial charge on any atom is -0.508 e. The number of benzene rings is 3. The van der Waals surface area contributed by atoms with E-state index in [0.717, 1.165) is 16.7 Å². The number of carbonyl (C=O) groups is 1. The number of rotatable bonds is 9. The molecule has 0 spiro atoms. The smallest absolute Gasteiger partial charge is 0.242 e. The zero-order valence-electron chi connectivity index (χ0n) is 20.1. The SMILES string of the molecule is COc1cc(C2C3C(NNC3c3ccccc3O)C(=O)N2CCCO)ccc1OCc1ccccc1. The zero-order valence-corrected chi connectivity index (χ0v) is 20.1. The first-order chi connectivity index (χ1) is 17.6. The summed E-state index contributed by atoms with van der Waals surface area (Å²) in [6.07, 6.45) is 0.478. The third-order valence-corrected chi connectivity index (χ3v) is 7.01. The quantitative estimate of drug-likeness (QED) is 0.366. The number of phenols is 1. The minimum absolute atomic E-state index is 0.00397. The molecule has 2 heterocycles. The fraction of sp³-hybridized carbons (Fsp3) is 0.321. The van der Waals surface area contributed by atoms with Crippen molar-refractivity contribution >= 4 is 5.91 Å². The number of aliphatic hydroxyl groups excluding tert-OH is 1. The van der Waals surface area contributed by atoms with Crippen molar-refractivity contribution in [2.75, 3.05) is 20.3 Å². The van der Waals surface area contributed by atoms with E-state index in [4.69, 9.17) is 9.47 Å². The predicted molar refractivity (Wildman–Crippen MR) is 134 cm³/mol. The van der Waals surface area contributed by atoms with Crippen LogP contribution < -0.4 is 20.3 Å². The van der Waals surface area contributed by atoms with E-state index in [9.17, 15) is 15.0 Å². The van der Waals surface area contributed by atoms with Crippen LogP contribution in [0, 0.1) is 5.92 Å². The van der Waals surface area contributed by atoms with Crippen LogP contribution in [0.15, 0.2) is 72.8 Å². The van der Waals surface area contributed by atoms with Crippen molar-refractivity contribution in [1.29, 1.82) is 0 Å². The molecule has 0 aromatic heterocycles. The van der Waals surface area contributed by atoms with E-state index < -0.39 is 6.04 Å². The molecular weight excluding hydrogens is 458 g/mol. The van der Waals surface area contributed by atoms with Gasteiger partial charge in [0.25, 0.3) is 0 Å². The first-order valence-electron chi connectivity index (χ1n) is 12.2. The summed E-state index contributed by atoms with van der Waals surface area (Å²) in [6, 6.07) is 21.8. The molecule has 2 aliphatic heterocycles. The van der Waals surface area contributed by atoms with Crippen LogP contribution in [0.5, 0.6) is 17.2 Å². The number of ether oxygens (including phenoxy) is 2. The number of nitrogens with one attached hydrogen (secondary N) is 2. The van der Waals surface area contributed by atoms with Crippen LogP contribution >= 0.6 is 0 Å². The highest BCUT2D eigenvalue weighted by Crippen LogP contribution is 2.49. The Bertz CT molecular complexity index is 1200. The van der Waals surface area contributed by atoms with Gasteiger partial charge >= 0.3 is 0 Å². The van der Waals surface area contributed by atoms with Crippen LogP contribution in [0.3, 0.4) is 0 Å². The molecule has 8 nitrogen and oxygen atoms in total. The molecule has 0 saturated carbocycles. The van der Waals surface area contributed by atoms with Crippen LogP contribution in [-0.4, -0.2) is 47.3 Å². The maximum atomic E-state index is 13.4. The Kier molecular flexibility index (Phi) is 7.09. The van der Waals surface area contributed by atoms with Gasteiger partial charge in [-0.25, -0.2) is 10.9 Å². The van der Waals surface area contributed by atoms with E-state index in [0.29, 0.717) is 31.1 Å². The number of carbonyl (C=O) groups excluding carboxylic acids is 1. The van der Waals surface area contributed by atoms with Crippen molar-refractivity contribution in [2.24, 2.45) is 5.92 Å². The average molecular weight is 490 g/mol. The topological polar surface area (TPSA) is 103 Å². The number of fused-ring (bicyclic) bond motifs is 1. The highest BCUT2D eigenvalue weighted by molar-refractivity contribution is 5.86. The fourth-order valence-electron chi connectivity index (χ4n) is 5.33. The van der Waals surface area contributed by atoms with Crippen molar-refractivity contribution < 1.29 is 24.5 Å². The van der Waals surface area contributed by atoms with E-state index in [1.165, 1.54) is 0 Å². The van der Waals surface area contributed by atoms with E-state index in [-0.39, 0.29) is 36.3 Å². The number of phenolic OH excluding ortho intramolecular Hbond substituents is 1. The van der Waals surface area contributed by atoms with Gasteiger partial charge in [-0.15, -0.1) is 0 Å². The molecule has 3 aromatic carbocycles. The highest BCUT2D eigenvalue weighted by Gasteiger charge is 2.55. The van der Waals surface area contributed by atoms with Gasteiger partial charge < -0.3 is 24.6 Å². The lowest BCUT2D eigenvalue weighted by atomic mass is 9.83. The summed E-state index contributed by atoms with van der Waals surface area (Å²) in [5.74, 6) is 1.16. The van der Waals surface area contributed by atoms with Crippen LogP contribution in [-0.2, 0) is 11.4 Å². The Hall–Kier alpha value is -3.59. The van der Waals surface area contributed by atoms with E-state index >= 15 is 0 Å². The highest BCUT2D eigenvalue weighted by atomic mass is 16.5. The summed E-state index contributed by atoms with van der Waals surface area (Å²) < 4.78 is 11.7. The number of nitrogens with zero attached hydrogens (tertiary/aromatic N) is 1. The zero-order chi connectivity index (χ0) is 25.1. The minimum atomic E-state index is -0.460. The molecule has 2 saturated heterocycles. The van der Waals surface area contributed by atoms with Crippen molar-refractivity contribution in [2.45, 2.75) is 31.2 Å². The van der Waals surface area contributed by atoms with Gasteiger partial charge in [0.1, 0.15) is 18.4 Å². The van der Waals surface area contributed by atoms with E-state index in [1.807, 2.05) is 65.6 Å². The second-order valence-corrected chi connectivity index (χ2v) is 9.12. The molecule has 4 unspecified atom stereocenters. The largest absolute Gasteiger partial charge is 0.508 e. The lowest BCUT2D eigenvalue weighted by Gasteiger charge is -2.31. The Labute approximate surface area is 210 Å². The van der Waals surface area contributed by atoms with Gasteiger partial charge in [0, 0.05) is 24.6 Å². The third-order valence-electron chi connectivity index (χ3n) is 7.01. The molecule has 5 rings (SSSR count). The first kappa shape index (κ1) is 24.1. The molecule has 0 radical (unpaired) electrons. The standard InChI is InChI=1S/C28H31N3O5/c1-35-23-16-19(12-13-22(23)36-17-18-8-3-2-4-9-18)27-24-25(20-10-5-6-11-21(20)33)29-30-26(24)28(34)31(27)14-7-15-32/h2-6,8-13,16,24-27,29-30,32-33H,7,14-15,17H2,1H3. The Balaban J connectivity index is 1.49. The molecule has 8 heteroatoms. The van der Waals surface area contributed by atoms with Gasteiger partial charge in [0.15, 0.2) is 11.5 Å². The molecular formula is C28H31N3O5. The Morgan fingerprint density at radius 2 is 1.69 bits per heavy atom. The lowest BCUT2D eigenvalue weighted by Crippen LogP contribution is -2.41. The monoisotopic (exact) mass is 489 g/mol. The number of hydrogen-bond acceptors (Lipinski definition) is 7. The normalized spacial score (nSPS) is 23.1. The lowest BCUT2D eigenvalue weighted by molar-refractivity contribution is -0.130. The molecule has 36 heavy (non-hydrogen) atoms. The number of amides is 1. The molecule has 0 bridgehead atoms. The maximum Gasteiger partial charge on any atom is 0.242 e. The maximum absolute atomic E-state index is 13.4. The molecule has 1 amide bonds. The molecule has 188 valence electrons. The summed E-state index contributed by atoms with van der Waals surface area (Å²) in [4.78, 5) is 15.3. The van der Waals surface area contributed by atoms with Gasteiger partial charge in [0.05, 0.1) is 19.2 Å². The fourth-order valence-corrected chi connectivity index (χ4v) is 5.33. The average Bonchev–Trinajstić information content (AvgIpc) is 3.45. The van der Waals surface area contributed by atoms with Gasteiger partial charge in [-0.05, 0) is 35.7 Å². The van der Waals surface area contributed by atoms with Crippen LogP contribution in [0.1, 0.15) is 35.2 Å². The van der Waals surface area contributed by atoms with Crippen molar-refractivity contribution in [3.63, 3.8) is 0 Å². The molecule has 0 aliphatic carbocycles. The number of hydrazine groups is 1. The van der Waals surface area contributed by atoms with Crippen molar-refractivity contribution in [1.82, 2.24) is 15.8 Å². The molecule has 4 atom stereocenters. The Morgan fingerprint density at radius 1 is 0.944 bits per heavy atom. The van der Waals surface area contributed by atoms with Gasteiger partial charge in [-0.1, -0.05) is 54.6 Å². The molecule has 3 aromatic rings. The summed E-state index contributed by atoms with van der Waals surface area (Å²) in [6.45, 7) is 0.835. The number of methoxy groups -OCH3 is 1. The van der Waals surface area contributed by atoms with Crippen LogP contribution in [0.4, 0.5) is 0 Å². The third kappa shape index (κ3) is 4.51. The van der Waals surface area contributed by atoms with Gasteiger partial charge in [-0.3, -0.25) is 4.79 Å². The molecule has 2 aliphatic rings. The summed E-state index contributed by atoms with van der Waals surface area (Å²) in [5, 5.41) is 20.0. The summed E-state index contributed by atoms with van der Waals surface area (Å²) >= 11 is 0. The molecule has 4 N–H and O–H groups in total. The van der Waals surface area contributed by atoms with E-state index in [1.54, 1.807) is 19.2 Å². The first-order valence-corrected chi connectivity index (χ1v) is 12.2. The number of likely N-dealkylation sites (tertiary alicyclic amines) is 1. The van der Waals surface area contributed by atoms with Crippen LogP contribution in [0.25, 0.3) is 0 Å². The van der Waals surface area contributed by atoms with E-state index in [2.05, 4.69) is 10.9 Å². The summed E-state index contributed by atoms with van der Waals surface area (Å²) in [7, 11) is 1.60. The van der Waals surface area contributed by atoms with Crippen molar-refractivity contribution in [3.8, 4) is 17.2 Å². The second kappa shape index (κ2) is 10.6. The van der Waals surface area contributed by atoms with Crippen molar-refractivity contribution in [3.05, 3.63) is 89.5 Å². The van der Waals surface area contributed by atoms with Gasteiger partial charge in [0.2, 0.25) is 5.91 Å². The second-order valence-electron chi connectivity index (χ2n) is 9.12. The summed E-state index contributed by atoms with van der Waals surface area (Å²) in [5.41, 5.74) is 9.09. The Morgan fingerprint density at radius 3 is 2.44 bits per heavy atom. The number of para-hydroxylation sites is 1. The predicted octanol–water partition coefficient (Wildman–Crippen LogP) is 3.08. The molecule has 2 fully saturated rings. The van der Waals surface area contributed by atoms with Gasteiger partial charge in [-0.2, -0.15) is 0 Å². The van der Waals surface area contributed by atoms with Crippen LogP contribution in [0.2, 0.25) is 0 Å².